The zero-order chi connectivity index (χ0) is 13.7. The molecule has 0 aromatic heterocycles. The van der Waals surface area contributed by atoms with Crippen molar-refractivity contribution in [1.29, 1.82) is 0 Å². The van der Waals surface area contributed by atoms with Gasteiger partial charge in [0.2, 0.25) is 5.91 Å². The normalized spacial score (nSPS) is 27.4. The summed E-state index contributed by atoms with van der Waals surface area (Å²) in [6.45, 7) is 6.33. The van der Waals surface area contributed by atoms with Crippen LogP contribution in [0.25, 0.3) is 0 Å². The third-order valence-electron chi connectivity index (χ3n) is 3.68. The number of nitrogens with zero attached hydrogens (tertiary/aromatic N) is 1. The van der Waals surface area contributed by atoms with Gasteiger partial charge in [0.1, 0.15) is 0 Å². The van der Waals surface area contributed by atoms with Crippen molar-refractivity contribution in [2.75, 3.05) is 31.2 Å². The lowest BCUT2D eigenvalue weighted by atomic mass is 10.1. The Bertz CT molecular complexity index is 287. The van der Waals surface area contributed by atoms with E-state index in [1.165, 1.54) is 12.2 Å². The topological polar surface area (TPSA) is 41.6 Å². The van der Waals surface area contributed by atoms with Crippen LogP contribution in [0.4, 0.5) is 0 Å². The first-order valence-electron chi connectivity index (χ1n) is 7.38. The van der Waals surface area contributed by atoms with E-state index in [4.69, 9.17) is 4.74 Å². The number of hydrogen-bond donors (Lipinski definition) is 1. The lowest BCUT2D eigenvalue weighted by Gasteiger charge is -2.30. The SMILES string of the molecule is CC(C)NC(=O)CN(CC1CCCO1)C1CCSC1. The Hall–Kier alpha value is -0.260. The molecule has 2 unspecified atom stereocenters. The number of rotatable bonds is 6. The maximum Gasteiger partial charge on any atom is 0.234 e. The molecule has 2 aliphatic heterocycles. The first-order chi connectivity index (χ1) is 9.15. The van der Waals surface area contributed by atoms with E-state index in [0.717, 1.165) is 31.7 Å². The summed E-state index contributed by atoms with van der Waals surface area (Å²) in [7, 11) is 0. The van der Waals surface area contributed by atoms with Crippen LogP contribution in [0.15, 0.2) is 0 Å². The molecule has 0 aromatic rings. The molecule has 0 bridgehead atoms. The number of carbonyl (C=O) groups excluding carboxylic acids is 1. The van der Waals surface area contributed by atoms with E-state index < -0.39 is 0 Å². The molecule has 110 valence electrons. The highest BCUT2D eigenvalue weighted by Gasteiger charge is 2.28. The van der Waals surface area contributed by atoms with E-state index in [1.807, 2.05) is 25.6 Å². The zero-order valence-corrected chi connectivity index (χ0v) is 12.9. The quantitative estimate of drug-likeness (QED) is 0.803. The molecule has 0 radical (unpaired) electrons. The average molecular weight is 286 g/mol. The summed E-state index contributed by atoms with van der Waals surface area (Å²) in [6, 6.07) is 0.766. The van der Waals surface area contributed by atoms with Crippen molar-refractivity contribution in [3.05, 3.63) is 0 Å². The first kappa shape index (κ1) is 15.1. The Morgan fingerprint density at radius 3 is 2.89 bits per heavy atom. The van der Waals surface area contributed by atoms with E-state index in [2.05, 4.69) is 10.2 Å². The Kier molecular flexibility index (Phi) is 5.98. The molecule has 0 aliphatic carbocycles. The lowest BCUT2D eigenvalue weighted by molar-refractivity contribution is -0.123. The first-order valence-corrected chi connectivity index (χ1v) is 8.53. The van der Waals surface area contributed by atoms with Crippen molar-refractivity contribution in [2.45, 2.75) is 51.3 Å². The van der Waals surface area contributed by atoms with Gasteiger partial charge in [-0.2, -0.15) is 11.8 Å². The van der Waals surface area contributed by atoms with Gasteiger partial charge in [0.05, 0.1) is 12.6 Å². The van der Waals surface area contributed by atoms with Crippen molar-refractivity contribution in [1.82, 2.24) is 10.2 Å². The molecule has 2 rings (SSSR count). The van der Waals surface area contributed by atoms with Crippen molar-refractivity contribution < 1.29 is 9.53 Å². The predicted octanol–water partition coefficient (Wildman–Crippen LogP) is 1.50. The Morgan fingerprint density at radius 1 is 1.47 bits per heavy atom. The van der Waals surface area contributed by atoms with Crippen LogP contribution in [0, 0.1) is 0 Å². The predicted molar refractivity (Wildman–Crippen MR) is 79.6 cm³/mol. The molecule has 2 fully saturated rings. The molecule has 19 heavy (non-hydrogen) atoms. The highest BCUT2D eigenvalue weighted by Crippen LogP contribution is 2.24. The average Bonchev–Trinajstić information content (AvgIpc) is 2.99. The van der Waals surface area contributed by atoms with Crippen molar-refractivity contribution in [3.63, 3.8) is 0 Å². The van der Waals surface area contributed by atoms with E-state index in [1.54, 1.807) is 0 Å². The van der Waals surface area contributed by atoms with Gasteiger partial charge in [-0.15, -0.1) is 0 Å². The van der Waals surface area contributed by atoms with E-state index in [9.17, 15) is 4.79 Å². The highest BCUT2D eigenvalue weighted by atomic mass is 32.2. The Labute approximate surface area is 120 Å². The third-order valence-corrected chi connectivity index (χ3v) is 4.83. The molecule has 1 N–H and O–H groups in total. The lowest BCUT2D eigenvalue weighted by Crippen LogP contribution is -2.47. The molecule has 1 amide bonds. The molecule has 5 heteroatoms. The van der Waals surface area contributed by atoms with Crippen LogP contribution in [0.5, 0.6) is 0 Å². The van der Waals surface area contributed by atoms with E-state index in [-0.39, 0.29) is 11.9 Å². The van der Waals surface area contributed by atoms with Gasteiger partial charge in [-0.25, -0.2) is 0 Å². The molecule has 0 aromatic carbocycles. The fourth-order valence-electron chi connectivity index (χ4n) is 2.75. The molecule has 0 spiro atoms. The standard InChI is InChI=1S/C14H26N2O2S/c1-11(2)15-14(17)9-16(12-5-7-19-10-12)8-13-4-3-6-18-13/h11-13H,3-10H2,1-2H3,(H,15,17). The molecular weight excluding hydrogens is 260 g/mol. The monoisotopic (exact) mass is 286 g/mol. The van der Waals surface area contributed by atoms with Crippen molar-refractivity contribution in [2.24, 2.45) is 0 Å². The second-order valence-corrected chi connectivity index (χ2v) is 6.95. The maximum atomic E-state index is 12.0. The smallest absolute Gasteiger partial charge is 0.234 e. The van der Waals surface area contributed by atoms with E-state index >= 15 is 0 Å². The van der Waals surface area contributed by atoms with Gasteiger partial charge in [-0.3, -0.25) is 9.69 Å². The second kappa shape index (κ2) is 7.50. The zero-order valence-electron chi connectivity index (χ0n) is 12.1. The summed E-state index contributed by atoms with van der Waals surface area (Å²) in [5, 5.41) is 2.99. The molecule has 0 saturated carbocycles. The fraction of sp³-hybridized carbons (Fsp3) is 0.929. The molecule has 2 aliphatic rings. The van der Waals surface area contributed by atoms with E-state index in [0.29, 0.717) is 18.7 Å². The molecule has 2 atom stereocenters. The number of ether oxygens (including phenoxy) is 1. The minimum Gasteiger partial charge on any atom is -0.377 e. The summed E-state index contributed by atoms with van der Waals surface area (Å²) in [5.74, 6) is 2.52. The fourth-order valence-corrected chi connectivity index (χ4v) is 4.01. The largest absolute Gasteiger partial charge is 0.377 e. The maximum absolute atomic E-state index is 12.0. The summed E-state index contributed by atoms with van der Waals surface area (Å²) in [5.41, 5.74) is 0. The Balaban J connectivity index is 1.86. The van der Waals surface area contributed by atoms with Crippen molar-refractivity contribution in [3.8, 4) is 0 Å². The number of amides is 1. The minimum absolute atomic E-state index is 0.143. The van der Waals surface area contributed by atoms with Gasteiger partial charge < -0.3 is 10.1 Å². The molecule has 2 saturated heterocycles. The summed E-state index contributed by atoms with van der Waals surface area (Å²) < 4.78 is 5.73. The molecule has 2 heterocycles. The number of thioether (sulfide) groups is 1. The van der Waals surface area contributed by atoms with Crippen LogP contribution in [-0.2, 0) is 9.53 Å². The van der Waals surface area contributed by atoms with Crippen LogP contribution in [0.3, 0.4) is 0 Å². The highest BCUT2D eigenvalue weighted by molar-refractivity contribution is 7.99. The van der Waals surface area contributed by atoms with Crippen LogP contribution < -0.4 is 5.32 Å². The van der Waals surface area contributed by atoms with Crippen LogP contribution in [0.2, 0.25) is 0 Å². The summed E-state index contributed by atoms with van der Waals surface area (Å²) >= 11 is 2.00. The van der Waals surface area contributed by atoms with Gasteiger partial charge >= 0.3 is 0 Å². The minimum atomic E-state index is 0.143. The van der Waals surface area contributed by atoms with Crippen LogP contribution in [0.1, 0.15) is 33.1 Å². The van der Waals surface area contributed by atoms with Gasteiger partial charge in [-0.1, -0.05) is 0 Å². The number of nitrogens with one attached hydrogen (secondary N) is 1. The van der Waals surface area contributed by atoms with Gasteiger partial charge in [0.15, 0.2) is 0 Å². The van der Waals surface area contributed by atoms with Gasteiger partial charge in [0.25, 0.3) is 0 Å². The number of hydrogen-bond acceptors (Lipinski definition) is 4. The Morgan fingerprint density at radius 2 is 2.32 bits per heavy atom. The number of carbonyl (C=O) groups is 1. The molecular formula is C14H26N2O2S. The van der Waals surface area contributed by atoms with Gasteiger partial charge in [0, 0.05) is 31.0 Å². The molecule has 4 nitrogen and oxygen atoms in total. The van der Waals surface area contributed by atoms with Crippen LogP contribution in [-0.4, -0.2) is 60.2 Å². The summed E-state index contributed by atoms with van der Waals surface area (Å²) in [4.78, 5) is 14.3. The van der Waals surface area contributed by atoms with Gasteiger partial charge in [-0.05, 0) is 38.9 Å². The van der Waals surface area contributed by atoms with Crippen LogP contribution >= 0.6 is 11.8 Å². The third kappa shape index (κ3) is 4.97. The second-order valence-electron chi connectivity index (χ2n) is 5.80. The summed E-state index contributed by atoms with van der Waals surface area (Å²) in [6.07, 6.45) is 3.84. The van der Waals surface area contributed by atoms with Crippen molar-refractivity contribution >= 4 is 17.7 Å².